The van der Waals surface area contributed by atoms with Crippen LogP contribution < -0.4 is 0 Å². The summed E-state index contributed by atoms with van der Waals surface area (Å²) in [5.41, 5.74) is 1.23. The number of aliphatic hydroxyl groups is 1. The van der Waals surface area contributed by atoms with E-state index in [9.17, 15) is 9.90 Å². The highest BCUT2D eigenvalue weighted by atomic mass is 16.5. The van der Waals surface area contributed by atoms with Crippen molar-refractivity contribution >= 4 is 5.78 Å². The van der Waals surface area contributed by atoms with Crippen LogP contribution in [-0.4, -0.2) is 29.7 Å². The zero-order chi connectivity index (χ0) is 22.2. The van der Waals surface area contributed by atoms with Gasteiger partial charge in [-0.25, -0.2) is 0 Å². The van der Waals surface area contributed by atoms with Crippen LogP contribution in [0.15, 0.2) is 36.0 Å². The quantitative estimate of drug-likeness (QED) is 0.351. The maximum absolute atomic E-state index is 12.0. The molecular weight excluding hydrogens is 384 g/mol. The number of hydrogen-bond donors (Lipinski definition) is 1. The first-order valence-electron chi connectivity index (χ1n) is 12.1. The van der Waals surface area contributed by atoms with Gasteiger partial charge in [-0.05, 0) is 82.6 Å². The summed E-state index contributed by atoms with van der Waals surface area (Å²) in [6, 6.07) is 0. The molecule has 0 aromatic heterocycles. The molecule has 1 N–H and O–H groups in total. The molecular formula is C28H48O3. The van der Waals surface area contributed by atoms with Crippen molar-refractivity contribution < 1.29 is 14.6 Å². The summed E-state index contributed by atoms with van der Waals surface area (Å²) in [6.07, 6.45) is 19.0. The summed E-state index contributed by atoms with van der Waals surface area (Å²) in [4.78, 5) is 12.0. The Morgan fingerprint density at radius 3 is 2.71 bits per heavy atom. The molecule has 5 atom stereocenters. The molecule has 0 radical (unpaired) electrons. The van der Waals surface area contributed by atoms with Gasteiger partial charge in [-0.1, -0.05) is 58.1 Å². The van der Waals surface area contributed by atoms with Gasteiger partial charge >= 0.3 is 0 Å². The fourth-order valence-corrected chi connectivity index (χ4v) is 5.63. The molecule has 178 valence electrons. The third kappa shape index (κ3) is 7.43. The average molecular weight is 433 g/mol. The van der Waals surface area contributed by atoms with Gasteiger partial charge in [0.25, 0.3) is 0 Å². The number of allylic oxidation sites excluding steroid dienone is 5. The van der Waals surface area contributed by atoms with Crippen molar-refractivity contribution in [2.24, 2.45) is 16.7 Å². The molecule has 1 saturated carbocycles. The SMILES string of the molecule is C.C/C=C/C1(C)CCC(=O)C=C1CCCC1CCC(O)C1(C)CC(C)OC/C=C/CC. The van der Waals surface area contributed by atoms with Crippen LogP contribution in [0.25, 0.3) is 0 Å². The monoisotopic (exact) mass is 432 g/mol. The number of ketones is 1. The van der Waals surface area contributed by atoms with Crippen molar-refractivity contribution in [3.05, 3.63) is 36.0 Å². The van der Waals surface area contributed by atoms with Crippen molar-refractivity contribution in [1.29, 1.82) is 0 Å². The lowest BCUT2D eigenvalue weighted by Gasteiger charge is -2.37. The van der Waals surface area contributed by atoms with Gasteiger partial charge in [0.1, 0.15) is 0 Å². The van der Waals surface area contributed by atoms with Crippen LogP contribution in [0.4, 0.5) is 0 Å². The summed E-state index contributed by atoms with van der Waals surface area (Å²) < 4.78 is 5.98. The molecule has 0 amide bonds. The Morgan fingerprint density at radius 2 is 2.03 bits per heavy atom. The van der Waals surface area contributed by atoms with Crippen molar-refractivity contribution in [3.8, 4) is 0 Å². The summed E-state index contributed by atoms with van der Waals surface area (Å²) in [7, 11) is 0. The smallest absolute Gasteiger partial charge is 0.155 e. The third-order valence-corrected chi connectivity index (χ3v) is 7.58. The van der Waals surface area contributed by atoms with E-state index in [4.69, 9.17) is 4.74 Å². The van der Waals surface area contributed by atoms with Crippen LogP contribution in [0.2, 0.25) is 0 Å². The standard InChI is InChI=1S/C27H44O3.CH4/c1-6-8-9-18-30-21(3)20-27(5)22(13-14-25(27)29)11-10-12-23-19-24(28)15-17-26(23,4)16-7-2;/h7-9,16,19,21-22,25,29H,6,10-15,17-18,20H2,1-5H3;1H4/b9-8+,16-7+;. The molecule has 2 rings (SSSR count). The minimum Gasteiger partial charge on any atom is -0.393 e. The summed E-state index contributed by atoms with van der Waals surface area (Å²) in [5.74, 6) is 0.786. The van der Waals surface area contributed by atoms with Crippen LogP contribution in [0.1, 0.15) is 99.8 Å². The van der Waals surface area contributed by atoms with Crippen LogP contribution >= 0.6 is 0 Å². The number of carbonyl (C=O) groups is 1. The number of aliphatic hydroxyl groups excluding tert-OH is 1. The van der Waals surface area contributed by atoms with Crippen LogP contribution in [-0.2, 0) is 9.53 Å². The first kappa shape index (κ1) is 27.8. The third-order valence-electron chi connectivity index (χ3n) is 7.58. The lowest BCUT2D eigenvalue weighted by molar-refractivity contribution is -0.115. The molecule has 2 aliphatic rings. The molecule has 0 saturated heterocycles. The van der Waals surface area contributed by atoms with Crippen molar-refractivity contribution in [1.82, 2.24) is 0 Å². The summed E-state index contributed by atoms with van der Waals surface area (Å²) in [6.45, 7) is 11.5. The Kier molecular flexibility index (Phi) is 11.4. The molecule has 3 heteroatoms. The molecule has 0 bridgehead atoms. The number of hydrogen-bond acceptors (Lipinski definition) is 3. The first-order valence-corrected chi connectivity index (χ1v) is 12.1. The molecule has 5 unspecified atom stereocenters. The van der Waals surface area contributed by atoms with Crippen molar-refractivity contribution in [2.75, 3.05) is 6.61 Å². The topological polar surface area (TPSA) is 46.5 Å². The van der Waals surface area contributed by atoms with Gasteiger partial charge in [0.05, 0.1) is 18.8 Å². The number of carbonyl (C=O) groups excluding carboxylic acids is 1. The van der Waals surface area contributed by atoms with Gasteiger partial charge in [0.15, 0.2) is 5.78 Å². The fourth-order valence-electron chi connectivity index (χ4n) is 5.63. The van der Waals surface area contributed by atoms with Crippen molar-refractivity contribution in [3.63, 3.8) is 0 Å². The van der Waals surface area contributed by atoms with Gasteiger partial charge in [0.2, 0.25) is 0 Å². The van der Waals surface area contributed by atoms with Crippen LogP contribution in [0, 0.1) is 16.7 Å². The molecule has 0 aromatic rings. The van der Waals surface area contributed by atoms with E-state index in [0.717, 1.165) is 51.4 Å². The van der Waals surface area contributed by atoms with Crippen molar-refractivity contribution in [2.45, 2.75) is 112 Å². The second-order valence-electron chi connectivity index (χ2n) is 9.97. The van der Waals surface area contributed by atoms with Gasteiger partial charge < -0.3 is 9.84 Å². The average Bonchev–Trinajstić information content (AvgIpc) is 2.96. The molecule has 1 fully saturated rings. The Balaban J connectivity index is 0.00000480. The van der Waals surface area contributed by atoms with E-state index in [1.54, 1.807) is 0 Å². The normalized spacial score (nSPS) is 32.5. The Hall–Kier alpha value is -1.19. The van der Waals surface area contributed by atoms with E-state index < -0.39 is 0 Å². The first-order chi connectivity index (χ1) is 14.2. The Bertz CT molecular complexity index is 647. The highest BCUT2D eigenvalue weighted by Crippen LogP contribution is 2.50. The van der Waals surface area contributed by atoms with E-state index in [-0.39, 0.29) is 36.2 Å². The highest BCUT2D eigenvalue weighted by Gasteiger charge is 2.46. The molecule has 0 heterocycles. The van der Waals surface area contributed by atoms with Gasteiger partial charge in [-0.2, -0.15) is 0 Å². The minimum atomic E-state index is -0.247. The van der Waals surface area contributed by atoms with E-state index in [0.29, 0.717) is 18.9 Å². The zero-order valence-corrected chi connectivity index (χ0v) is 20.0. The molecule has 2 aliphatic carbocycles. The molecule has 0 spiro atoms. The predicted octanol–water partition coefficient (Wildman–Crippen LogP) is 7.20. The Labute approximate surface area is 192 Å². The summed E-state index contributed by atoms with van der Waals surface area (Å²) in [5, 5.41) is 10.8. The molecule has 3 nitrogen and oxygen atoms in total. The van der Waals surface area contributed by atoms with Crippen LogP contribution in [0.3, 0.4) is 0 Å². The van der Waals surface area contributed by atoms with E-state index in [2.05, 4.69) is 58.9 Å². The lowest BCUT2D eigenvalue weighted by Crippen LogP contribution is -2.36. The Morgan fingerprint density at radius 1 is 1.29 bits per heavy atom. The molecule has 0 aromatic carbocycles. The second-order valence-corrected chi connectivity index (χ2v) is 9.97. The largest absolute Gasteiger partial charge is 0.393 e. The predicted molar refractivity (Wildman–Crippen MR) is 132 cm³/mol. The van der Waals surface area contributed by atoms with E-state index >= 15 is 0 Å². The van der Waals surface area contributed by atoms with E-state index in [1.165, 1.54) is 5.57 Å². The maximum Gasteiger partial charge on any atom is 0.155 e. The van der Waals surface area contributed by atoms with Gasteiger partial charge in [0, 0.05) is 11.8 Å². The minimum absolute atomic E-state index is 0. The number of rotatable bonds is 11. The number of ether oxygens (including phenoxy) is 1. The molecule has 31 heavy (non-hydrogen) atoms. The molecule has 0 aliphatic heterocycles. The second kappa shape index (κ2) is 12.7. The highest BCUT2D eigenvalue weighted by molar-refractivity contribution is 5.91. The summed E-state index contributed by atoms with van der Waals surface area (Å²) >= 11 is 0. The van der Waals surface area contributed by atoms with Crippen LogP contribution in [0.5, 0.6) is 0 Å². The zero-order valence-electron chi connectivity index (χ0n) is 20.0. The maximum atomic E-state index is 12.0. The van der Waals surface area contributed by atoms with Gasteiger partial charge in [-0.15, -0.1) is 0 Å². The van der Waals surface area contributed by atoms with E-state index in [1.807, 2.05) is 6.08 Å². The fraction of sp³-hybridized carbons (Fsp3) is 0.750. The lowest BCUT2D eigenvalue weighted by atomic mass is 9.70. The van der Waals surface area contributed by atoms with Gasteiger partial charge in [-0.3, -0.25) is 4.79 Å².